The first-order valence-electron chi connectivity index (χ1n) is 7.01. The van der Waals surface area contributed by atoms with E-state index in [0.29, 0.717) is 12.0 Å². The second-order valence-corrected chi connectivity index (χ2v) is 6.27. The molecule has 6 heteroatoms. The number of hydrogen-bond donors (Lipinski definition) is 1. The van der Waals surface area contributed by atoms with E-state index in [4.69, 9.17) is 4.74 Å². The molecule has 0 amide bonds. The molecule has 0 aliphatic carbocycles. The van der Waals surface area contributed by atoms with Gasteiger partial charge < -0.3 is 10.1 Å². The van der Waals surface area contributed by atoms with Gasteiger partial charge in [0.25, 0.3) is 0 Å². The van der Waals surface area contributed by atoms with Gasteiger partial charge in [-0.15, -0.1) is 5.10 Å². The van der Waals surface area contributed by atoms with Gasteiger partial charge in [0.2, 0.25) is 0 Å². The summed E-state index contributed by atoms with van der Waals surface area (Å²) in [6.45, 7) is 12.3. The topological polar surface area (TPSA) is 50.3 Å². The maximum atomic E-state index is 5.37. The van der Waals surface area contributed by atoms with Gasteiger partial charge in [0.15, 0.2) is 0 Å². The van der Waals surface area contributed by atoms with E-state index >= 15 is 0 Å². The molecule has 0 radical (unpaired) electrons. The average molecular weight is 284 g/mol. The fourth-order valence-corrected chi connectivity index (χ4v) is 3.02. The van der Waals surface area contributed by atoms with Crippen LogP contribution in [0.15, 0.2) is 0 Å². The lowest BCUT2D eigenvalue weighted by atomic mass is 10.1. The molecule has 19 heavy (non-hydrogen) atoms. The molecule has 1 aliphatic rings. The second-order valence-electron chi connectivity index (χ2n) is 5.43. The van der Waals surface area contributed by atoms with Crippen molar-refractivity contribution in [1.29, 1.82) is 0 Å². The summed E-state index contributed by atoms with van der Waals surface area (Å²) in [4.78, 5) is 3.72. The summed E-state index contributed by atoms with van der Waals surface area (Å²) in [5.41, 5.74) is 1.14. The lowest BCUT2D eigenvalue weighted by molar-refractivity contribution is 0.0343. The fraction of sp³-hybridized carbons (Fsp3) is 0.846. The molecule has 2 heterocycles. The lowest BCUT2D eigenvalue weighted by Gasteiger charge is -2.29. The minimum absolute atomic E-state index is 0.449. The highest BCUT2D eigenvalue weighted by Crippen LogP contribution is 2.19. The van der Waals surface area contributed by atoms with Crippen molar-refractivity contribution >= 4 is 11.5 Å². The Labute approximate surface area is 119 Å². The number of ether oxygens (including phenoxy) is 1. The summed E-state index contributed by atoms with van der Waals surface area (Å²) in [5, 5.41) is 7.79. The van der Waals surface area contributed by atoms with E-state index in [1.165, 1.54) is 16.4 Å². The molecule has 1 aromatic rings. The number of morpholine rings is 1. The quantitative estimate of drug-likeness (QED) is 0.857. The Morgan fingerprint density at radius 3 is 2.74 bits per heavy atom. The van der Waals surface area contributed by atoms with Gasteiger partial charge in [-0.25, -0.2) is 0 Å². The number of rotatable bonds is 6. The number of aromatic nitrogens is 2. The van der Waals surface area contributed by atoms with E-state index < -0.39 is 0 Å². The number of hydrogen-bond acceptors (Lipinski definition) is 6. The monoisotopic (exact) mass is 284 g/mol. The normalized spacial score (nSPS) is 18.9. The Kier molecular flexibility index (Phi) is 5.69. The Bertz CT molecular complexity index is 376. The van der Waals surface area contributed by atoms with E-state index in [0.717, 1.165) is 45.1 Å². The molecule has 1 N–H and O–H groups in total. The first kappa shape index (κ1) is 14.8. The maximum absolute atomic E-state index is 5.37. The van der Waals surface area contributed by atoms with E-state index in [1.54, 1.807) is 0 Å². The molecule has 1 aromatic heterocycles. The summed E-state index contributed by atoms with van der Waals surface area (Å²) in [6.07, 6.45) is 0. The summed E-state index contributed by atoms with van der Waals surface area (Å²) in [7, 11) is 0. The van der Waals surface area contributed by atoms with Gasteiger partial charge in [0.1, 0.15) is 0 Å². The highest BCUT2D eigenvalue weighted by atomic mass is 32.1. The molecule has 0 spiro atoms. The molecule has 0 bridgehead atoms. The number of nitrogens with one attached hydrogen (secondary N) is 1. The van der Waals surface area contributed by atoms with Crippen molar-refractivity contribution in [2.24, 2.45) is 0 Å². The van der Waals surface area contributed by atoms with E-state index in [-0.39, 0.29) is 0 Å². The summed E-state index contributed by atoms with van der Waals surface area (Å²) in [5.74, 6) is 0.449. The van der Waals surface area contributed by atoms with Crippen LogP contribution in [0.25, 0.3) is 0 Å². The predicted octanol–water partition coefficient (Wildman–Crippen LogP) is 1.47. The second kappa shape index (κ2) is 7.28. The van der Waals surface area contributed by atoms with Crippen LogP contribution < -0.4 is 5.32 Å². The van der Waals surface area contributed by atoms with Crippen LogP contribution in [0.1, 0.15) is 37.3 Å². The molecule has 2 rings (SSSR count). The molecule has 0 aromatic carbocycles. The van der Waals surface area contributed by atoms with Gasteiger partial charge in [-0.1, -0.05) is 18.3 Å². The van der Waals surface area contributed by atoms with E-state index in [1.807, 2.05) is 0 Å². The highest BCUT2D eigenvalue weighted by molar-refractivity contribution is 7.05. The minimum atomic E-state index is 0.449. The van der Waals surface area contributed by atoms with Crippen LogP contribution in [0.2, 0.25) is 0 Å². The third-order valence-electron chi connectivity index (χ3n) is 3.38. The summed E-state index contributed by atoms with van der Waals surface area (Å²) >= 11 is 1.51. The van der Waals surface area contributed by atoms with Crippen LogP contribution in [0.3, 0.4) is 0 Å². The molecule has 5 nitrogen and oxygen atoms in total. The molecule has 1 atom stereocenters. The zero-order chi connectivity index (χ0) is 13.7. The van der Waals surface area contributed by atoms with Gasteiger partial charge in [0.05, 0.1) is 23.8 Å². The van der Waals surface area contributed by atoms with Crippen LogP contribution in [0.5, 0.6) is 0 Å². The van der Waals surface area contributed by atoms with E-state index in [2.05, 4.69) is 40.6 Å². The SMILES string of the molecule is CC(CN1CCOCC1)NCc1snnc1C(C)C. The molecule has 108 valence electrons. The first-order valence-corrected chi connectivity index (χ1v) is 7.78. The third kappa shape index (κ3) is 4.49. The van der Waals surface area contributed by atoms with Crippen molar-refractivity contribution in [2.75, 3.05) is 32.8 Å². The number of nitrogens with zero attached hydrogens (tertiary/aromatic N) is 3. The minimum Gasteiger partial charge on any atom is -0.379 e. The zero-order valence-corrected chi connectivity index (χ0v) is 12.9. The van der Waals surface area contributed by atoms with Crippen LogP contribution in [0.4, 0.5) is 0 Å². The lowest BCUT2D eigenvalue weighted by Crippen LogP contribution is -2.44. The Balaban J connectivity index is 1.76. The Morgan fingerprint density at radius 2 is 2.05 bits per heavy atom. The molecule has 1 fully saturated rings. The van der Waals surface area contributed by atoms with Crippen molar-refractivity contribution in [3.8, 4) is 0 Å². The van der Waals surface area contributed by atoms with Crippen LogP contribution >= 0.6 is 11.5 Å². The van der Waals surface area contributed by atoms with Gasteiger partial charge in [-0.05, 0) is 24.4 Å². The van der Waals surface area contributed by atoms with Crippen LogP contribution in [-0.2, 0) is 11.3 Å². The molecule has 1 saturated heterocycles. The average Bonchev–Trinajstić information content (AvgIpc) is 2.86. The Morgan fingerprint density at radius 1 is 1.32 bits per heavy atom. The highest BCUT2D eigenvalue weighted by Gasteiger charge is 2.15. The van der Waals surface area contributed by atoms with Crippen molar-refractivity contribution in [1.82, 2.24) is 19.8 Å². The van der Waals surface area contributed by atoms with Crippen LogP contribution in [0, 0.1) is 0 Å². The van der Waals surface area contributed by atoms with Crippen molar-refractivity contribution in [3.05, 3.63) is 10.6 Å². The maximum Gasteiger partial charge on any atom is 0.0826 e. The van der Waals surface area contributed by atoms with Gasteiger partial charge in [-0.2, -0.15) is 0 Å². The zero-order valence-electron chi connectivity index (χ0n) is 12.1. The third-order valence-corrected chi connectivity index (χ3v) is 4.12. The van der Waals surface area contributed by atoms with E-state index in [9.17, 15) is 0 Å². The fourth-order valence-electron chi connectivity index (χ4n) is 2.28. The molecule has 1 unspecified atom stereocenters. The predicted molar refractivity (Wildman–Crippen MR) is 77.6 cm³/mol. The van der Waals surface area contributed by atoms with Crippen molar-refractivity contribution in [2.45, 2.75) is 39.3 Å². The Hall–Kier alpha value is -0.560. The van der Waals surface area contributed by atoms with Gasteiger partial charge in [-0.3, -0.25) is 4.90 Å². The standard InChI is InChI=1S/C13H24N4OS/c1-10(2)13-12(19-16-15-13)8-14-11(3)9-17-4-6-18-7-5-17/h10-11,14H,4-9H2,1-3H3. The largest absolute Gasteiger partial charge is 0.379 e. The smallest absolute Gasteiger partial charge is 0.0826 e. The molecular formula is C13H24N4OS. The van der Waals surface area contributed by atoms with Crippen LogP contribution in [-0.4, -0.2) is 53.4 Å². The van der Waals surface area contributed by atoms with Gasteiger partial charge in [0, 0.05) is 32.2 Å². The van der Waals surface area contributed by atoms with Crippen molar-refractivity contribution in [3.63, 3.8) is 0 Å². The summed E-state index contributed by atoms with van der Waals surface area (Å²) < 4.78 is 9.43. The first-order chi connectivity index (χ1) is 9.16. The van der Waals surface area contributed by atoms with Crippen molar-refractivity contribution < 1.29 is 4.74 Å². The molecule has 0 saturated carbocycles. The van der Waals surface area contributed by atoms with Gasteiger partial charge >= 0.3 is 0 Å². The molecular weight excluding hydrogens is 260 g/mol. The summed E-state index contributed by atoms with van der Waals surface area (Å²) in [6, 6.07) is 0.472. The molecule has 1 aliphatic heterocycles.